The summed E-state index contributed by atoms with van der Waals surface area (Å²) in [5.74, 6) is 0. The minimum absolute atomic E-state index is 0.699. The zero-order valence-electron chi connectivity index (χ0n) is 8.37. The largest absolute Gasteiger partial charge is 0.399 e. The van der Waals surface area contributed by atoms with E-state index in [1.165, 1.54) is 38.0 Å². The molecule has 2 heteroatoms. The highest BCUT2D eigenvalue weighted by atomic mass is 15.2. The summed E-state index contributed by atoms with van der Waals surface area (Å²) < 4.78 is 0. The average Bonchev–Trinajstić information content (AvgIpc) is 1.98. The number of benzene rings is 1. The van der Waals surface area contributed by atoms with E-state index in [1.54, 1.807) is 0 Å². The Bertz CT molecular complexity index is 347. The van der Waals surface area contributed by atoms with Gasteiger partial charge in [-0.2, -0.15) is 0 Å². The summed E-state index contributed by atoms with van der Waals surface area (Å²) >= 11 is 0. The van der Waals surface area contributed by atoms with Crippen molar-refractivity contribution in [2.24, 2.45) is 5.41 Å². The van der Waals surface area contributed by atoms with Crippen LogP contribution in [-0.4, -0.2) is 13.1 Å². The molecule has 1 aromatic carbocycles. The Kier molecular flexibility index (Phi) is 1.55. The average molecular weight is 188 g/mol. The maximum Gasteiger partial charge on any atom is 0.0387 e. The summed E-state index contributed by atoms with van der Waals surface area (Å²) in [6.07, 6.45) is 4.31. The van der Waals surface area contributed by atoms with Gasteiger partial charge >= 0.3 is 0 Å². The van der Waals surface area contributed by atoms with Crippen molar-refractivity contribution in [2.45, 2.75) is 19.3 Å². The van der Waals surface area contributed by atoms with E-state index in [9.17, 15) is 0 Å². The zero-order valence-corrected chi connectivity index (χ0v) is 8.37. The van der Waals surface area contributed by atoms with Gasteiger partial charge in [0.15, 0.2) is 0 Å². The van der Waals surface area contributed by atoms with Gasteiger partial charge in [0.25, 0.3) is 0 Å². The second-order valence-corrected chi connectivity index (χ2v) is 4.80. The van der Waals surface area contributed by atoms with Crippen LogP contribution in [0.5, 0.6) is 0 Å². The molecule has 1 saturated heterocycles. The maximum atomic E-state index is 5.76. The van der Waals surface area contributed by atoms with Crippen LogP contribution in [0.2, 0.25) is 0 Å². The van der Waals surface area contributed by atoms with E-state index in [0.29, 0.717) is 5.41 Å². The lowest BCUT2D eigenvalue weighted by molar-refractivity contribution is 0.0904. The molecule has 1 aliphatic carbocycles. The molecule has 2 nitrogen and oxygen atoms in total. The molecule has 0 amide bonds. The van der Waals surface area contributed by atoms with Crippen molar-refractivity contribution in [2.75, 3.05) is 23.7 Å². The molecule has 2 aliphatic rings. The Balaban J connectivity index is 1.73. The van der Waals surface area contributed by atoms with Crippen molar-refractivity contribution in [1.29, 1.82) is 0 Å². The van der Waals surface area contributed by atoms with E-state index in [1.807, 2.05) is 12.1 Å². The summed E-state index contributed by atoms with van der Waals surface area (Å²) in [6.45, 7) is 2.49. The SMILES string of the molecule is Nc1cccc(N2CC3(CCC3)C2)c1. The van der Waals surface area contributed by atoms with Gasteiger partial charge in [0.1, 0.15) is 0 Å². The van der Waals surface area contributed by atoms with E-state index in [4.69, 9.17) is 5.73 Å². The van der Waals surface area contributed by atoms with E-state index in [0.717, 1.165) is 5.69 Å². The number of nitrogen functional groups attached to an aromatic ring is 1. The van der Waals surface area contributed by atoms with E-state index < -0.39 is 0 Å². The van der Waals surface area contributed by atoms with Gasteiger partial charge in [-0.25, -0.2) is 0 Å². The Morgan fingerprint density at radius 2 is 2.00 bits per heavy atom. The van der Waals surface area contributed by atoms with E-state index in [2.05, 4.69) is 17.0 Å². The van der Waals surface area contributed by atoms with Crippen LogP contribution in [0.4, 0.5) is 11.4 Å². The molecule has 1 heterocycles. The van der Waals surface area contributed by atoms with Crippen LogP contribution in [0.25, 0.3) is 0 Å². The lowest BCUT2D eigenvalue weighted by Crippen LogP contribution is -2.59. The molecule has 1 aromatic rings. The fraction of sp³-hybridized carbons (Fsp3) is 0.500. The second kappa shape index (κ2) is 2.66. The molecular weight excluding hydrogens is 172 g/mol. The lowest BCUT2D eigenvalue weighted by Gasteiger charge is -2.57. The highest BCUT2D eigenvalue weighted by molar-refractivity contribution is 5.58. The van der Waals surface area contributed by atoms with Gasteiger partial charge in [-0.15, -0.1) is 0 Å². The standard InChI is InChI=1S/C12H16N2/c13-10-3-1-4-11(7-10)14-8-12(9-14)5-2-6-12/h1,3-4,7H,2,5-6,8-9,13H2. The van der Waals surface area contributed by atoms with Crippen molar-refractivity contribution < 1.29 is 0 Å². The number of nitrogens with zero attached hydrogens (tertiary/aromatic N) is 1. The van der Waals surface area contributed by atoms with Crippen molar-refractivity contribution in [3.8, 4) is 0 Å². The Morgan fingerprint density at radius 1 is 1.21 bits per heavy atom. The normalized spacial score (nSPS) is 23.0. The highest BCUT2D eigenvalue weighted by Gasteiger charge is 2.47. The molecule has 0 aromatic heterocycles. The monoisotopic (exact) mass is 188 g/mol. The summed E-state index contributed by atoms with van der Waals surface area (Å²) in [6, 6.07) is 8.21. The molecule has 14 heavy (non-hydrogen) atoms. The van der Waals surface area contributed by atoms with Crippen molar-refractivity contribution >= 4 is 11.4 Å². The van der Waals surface area contributed by atoms with Crippen LogP contribution in [-0.2, 0) is 0 Å². The molecule has 2 N–H and O–H groups in total. The fourth-order valence-electron chi connectivity index (χ4n) is 2.66. The number of nitrogens with two attached hydrogens (primary N) is 1. The van der Waals surface area contributed by atoms with Gasteiger partial charge < -0.3 is 10.6 Å². The highest BCUT2D eigenvalue weighted by Crippen LogP contribution is 2.49. The van der Waals surface area contributed by atoms with Gasteiger partial charge in [-0.05, 0) is 31.0 Å². The predicted molar refractivity (Wildman–Crippen MR) is 59.4 cm³/mol. The molecule has 0 unspecified atom stereocenters. The molecule has 2 fully saturated rings. The summed E-state index contributed by atoms with van der Waals surface area (Å²) in [7, 11) is 0. The minimum atomic E-state index is 0.699. The van der Waals surface area contributed by atoms with Gasteiger partial charge in [0.2, 0.25) is 0 Å². The minimum Gasteiger partial charge on any atom is -0.399 e. The van der Waals surface area contributed by atoms with Crippen LogP contribution in [0.3, 0.4) is 0 Å². The van der Waals surface area contributed by atoms with Crippen molar-refractivity contribution in [1.82, 2.24) is 0 Å². The molecule has 1 spiro atoms. The summed E-state index contributed by atoms with van der Waals surface area (Å²) in [5.41, 5.74) is 8.63. The quantitative estimate of drug-likeness (QED) is 0.685. The van der Waals surface area contributed by atoms with Crippen LogP contribution in [0.15, 0.2) is 24.3 Å². The second-order valence-electron chi connectivity index (χ2n) is 4.80. The topological polar surface area (TPSA) is 29.3 Å². The Morgan fingerprint density at radius 3 is 2.57 bits per heavy atom. The number of anilines is 2. The Hall–Kier alpha value is -1.18. The number of hydrogen-bond acceptors (Lipinski definition) is 2. The fourth-order valence-corrected chi connectivity index (χ4v) is 2.66. The van der Waals surface area contributed by atoms with Crippen LogP contribution >= 0.6 is 0 Å². The molecule has 3 rings (SSSR count). The first-order valence-corrected chi connectivity index (χ1v) is 5.38. The van der Waals surface area contributed by atoms with Crippen LogP contribution < -0.4 is 10.6 Å². The molecule has 1 saturated carbocycles. The molecule has 74 valence electrons. The molecule has 1 aliphatic heterocycles. The third-order valence-electron chi connectivity index (χ3n) is 3.70. The molecule has 0 radical (unpaired) electrons. The third-order valence-corrected chi connectivity index (χ3v) is 3.70. The number of rotatable bonds is 1. The Labute approximate surface area is 84.7 Å². The lowest BCUT2D eigenvalue weighted by atomic mass is 9.63. The van der Waals surface area contributed by atoms with Gasteiger partial charge in [0.05, 0.1) is 0 Å². The molecule has 0 atom stereocenters. The first-order chi connectivity index (χ1) is 6.77. The van der Waals surface area contributed by atoms with Gasteiger partial charge in [-0.1, -0.05) is 12.5 Å². The maximum absolute atomic E-state index is 5.76. The summed E-state index contributed by atoms with van der Waals surface area (Å²) in [5, 5.41) is 0. The van der Waals surface area contributed by atoms with Crippen molar-refractivity contribution in [3.63, 3.8) is 0 Å². The number of hydrogen-bond donors (Lipinski definition) is 1. The molecule has 0 bridgehead atoms. The van der Waals surface area contributed by atoms with E-state index in [-0.39, 0.29) is 0 Å². The zero-order chi connectivity index (χ0) is 9.60. The van der Waals surface area contributed by atoms with Crippen LogP contribution in [0.1, 0.15) is 19.3 Å². The predicted octanol–water partition coefficient (Wildman–Crippen LogP) is 2.26. The first kappa shape index (κ1) is 8.16. The van der Waals surface area contributed by atoms with Crippen LogP contribution in [0, 0.1) is 5.41 Å². The first-order valence-electron chi connectivity index (χ1n) is 5.38. The smallest absolute Gasteiger partial charge is 0.0387 e. The van der Waals surface area contributed by atoms with Crippen molar-refractivity contribution in [3.05, 3.63) is 24.3 Å². The van der Waals surface area contributed by atoms with Gasteiger partial charge in [0, 0.05) is 29.9 Å². The van der Waals surface area contributed by atoms with Gasteiger partial charge in [-0.3, -0.25) is 0 Å². The summed E-state index contributed by atoms with van der Waals surface area (Å²) in [4.78, 5) is 2.44. The van der Waals surface area contributed by atoms with E-state index >= 15 is 0 Å². The third kappa shape index (κ3) is 1.10. The molecular formula is C12H16N2.